The molecule has 0 radical (unpaired) electrons. The minimum atomic E-state index is -0.0320. The molecule has 0 aliphatic rings. The predicted molar refractivity (Wildman–Crippen MR) is 118 cm³/mol. The Morgan fingerprint density at radius 2 is 1.53 bits per heavy atom. The van der Waals surface area contributed by atoms with E-state index in [1.165, 1.54) is 5.56 Å². The molecule has 2 rings (SSSR count). The highest BCUT2D eigenvalue weighted by molar-refractivity contribution is 5.75. The first-order valence-electron chi connectivity index (χ1n) is 10.1. The Morgan fingerprint density at radius 1 is 0.933 bits per heavy atom. The van der Waals surface area contributed by atoms with Gasteiger partial charge in [-0.05, 0) is 47.2 Å². The van der Waals surface area contributed by atoms with Gasteiger partial charge in [0.25, 0.3) is 0 Å². The van der Waals surface area contributed by atoms with E-state index in [-0.39, 0.29) is 11.3 Å². The molecule has 0 heterocycles. The van der Waals surface area contributed by atoms with Crippen LogP contribution in [0.3, 0.4) is 0 Å². The Morgan fingerprint density at radius 3 is 2.03 bits per heavy atom. The zero-order valence-corrected chi connectivity index (χ0v) is 18.8. The lowest BCUT2D eigenvalue weighted by atomic mass is 9.87. The highest BCUT2D eigenvalue weighted by Crippen LogP contribution is 2.38. The molecule has 0 aliphatic heterocycles. The zero-order valence-electron chi connectivity index (χ0n) is 18.8. The normalized spacial score (nSPS) is 11.0. The molecule has 0 saturated carbocycles. The molecule has 1 N–H and O–H groups in total. The SMILES string of the molecule is COc1cc(CNC(=O)CCCOc2ccc(C(C)(C)C)cc2)cc(OC)c1OC. The van der Waals surface area contributed by atoms with Gasteiger partial charge in [-0.2, -0.15) is 0 Å². The second kappa shape index (κ2) is 10.8. The number of hydrogen-bond donors (Lipinski definition) is 1. The molecular formula is C24H33NO5. The van der Waals surface area contributed by atoms with E-state index in [0.717, 1.165) is 11.3 Å². The average molecular weight is 416 g/mol. The third-order valence-electron chi connectivity index (χ3n) is 4.75. The summed E-state index contributed by atoms with van der Waals surface area (Å²) in [5.74, 6) is 2.44. The summed E-state index contributed by atoms with van der Waals surface area (Å²) >= 11 is 0. The quantitative estimate of drug-likeness (QED) is 0.580. The first kappa shape index (κ1) is 23.4. The number of hydrogen-bond acceptors (Lipinski definition) is 5. The van der Waals surface area contributed by atoms with Gasteiger partial charge >= 0.3 is 0 Å². The molecule has 0 aliphatic carbocycles. The molecular weight excluding hydrogens is 382 g/mol. The van der Waals surface area contributed by atoms with Gasteiger partial charge in [-0.1, -0.05) is 32.9 Å². The van der Waals surface area contributed by atoms with Crippen LogP contribution in [0.5, 0.6) is 23.0 Å². The van der Waals surface area contributed by atoms with E-state index in [0.29, 0.717) is 43.2 Å². The number of amides is 1. The topological polar surface area (TPSA) is 66.0 Å². The minimum Gasteiger partial charge on any atom is -0.494 e. The van der Waals surface area contributed by atoms with Gasteiger partial charge < -0.3 is 24.3 Å². The molecule has 0 aromatic heterocycles. The van der Waals surface area contributed by atoms with E-state index in [1.54, 1.807) is 21.3 Å². The molecule has 6 nitrogen and oxygen atoms in total. The summed E-state index contributed by atoms with van der Waals surface area (Å²) in [5, 5.41) is 2.92. The van der Waals surface area contributed by atoms with Crippen molar-refractivity contribution in [3.63, 3.8) is 0 Å². The van der Waals surface area contributed by atoms with Crippen molar-refractivity contribution < 1.29 is 23.7 Å². The van der Waals surface area contributed by atoms with Gasteiger partial charge in [0.1, 0.15) is 5.75 Å². The van der Waals surface area contributed by atoms with Gasteiger partial charge in [-0.25, -0.2) is 0 Å². The largest absolute Gasteiger partial charge is 0.494 e. The number of rotatable bonds is 10. The van der Waals surface area contributed by atoms with Crippen LogP contribution in [0, 0.1) is 0 Å². The number of ether oxygens (including phenoxy) is 4. The van der Waals surface area contributed by atoms with E-state index >= 15 is 0 Å². The van der Waals surface area contributed by atoms with Crippen molar-refractivity contribution in [2.75, 3.05) is 27.9 Å². The Hall–Kier alpha value is -2.89. The fourth-order valence-electron chi connectivity index (χ4n) is 3.00. The van der Waals surface area contributed by atoms with Crippen LogP contribution in [-0.2, 0) is 16.8 Å². The van der Waals surface area contributed by atoms with Crippen LogP contribution in [0.15, 0.2) is 36.4 Å². The van der Waals surface area contributed by atoms with Crippen LogP contribution in [0.25, 0.3) is 0 Å². The first-order valence-corrected chi connectivity index (χ1v) is 10.1. The van der Waals surface area contributed by atoms with Crippen molar-refractivity contribution in [2.45, 2.75) is 45.6 Å². The van der Waals surface area contributed by atoms with Gasteiger partial charge in [-0.15, -0.1) is 0 Å². The fraction of sp³-hybridized carbons (Fsp3) is 0.458. The summed E-state index contributed by atoms with van der Waals surface area (Å²) in [7, 11) is 4.69. The maximum atomic E-state index is 12.2. The number of methoxy groups -OCH3 is 3. The van der Waals surface area contributed by atoms with E-state index in [1.807, 2.05) is 24.3 Å². The maximum absolute atomic E-state index is 12.2. The fourth-order valence-corrected chi connectivity index (χ4v) is 3.00. The van der Waals surface area contributed by atoms with E-state index in [2.05, 4.69) is 38.2 Å². The van der Waals surface area contributed by atoms with E-state index < -0.39 is 0 Å². The molecule has 164 valence electrons. The number of benzene rings is 2. The Kier molecular flexibility index (Phi) is 8.39. The molecule has 1 amide bonds. The molecule has 0 atom stereocenters. The van der Waals surface area contributed by atoms with Crippen molar-refractivity contribution in [1.29, 1.82) is 0 Å². The predicted octanol–water partition coefficient (Wildman–Crippen LogP) is 4.49. The lowest BCUT2D eigenvalue weighted by Crippen LogP contribution is -2.23. The van der Waals surface area contributed by atoms with Crippen molar-refractivity contribution in [3.8, 4) is 23.0 Å². The molecule has 0 spiro atoms. The maximum Gasteiger partial charge on any atom is 0.220 e. The molecule has 0 unspecified atom stereocenters. The van der Waals surface area contributed by atoms with E-state index in [4.69, 9.17) is 18.9 Å². The Labute approximate surface area is 179 Å². The van der Waals surface area contributed by atoms with Gasteiger partial charge in [0.05, 0.1) is 27.9 Å². The molecule has 2 aromatic carbocycles. The van der Waals surface area contributed by atoms with Crippen molar-refractivity contribution in [1.82, 2.24) is 5.32 Å². The zero-order chi connectivity index (χ0) is 22.1. The monoisotopic (exact) mass is 415 g/mol. The summed E-state index contributed by atoms with van der Waals surface area (Å²) in [5.41, 5.74) is 2.25. The molecule has 0 bridgehead atoms. The smallest absolute Gasteiger partial charge is 0.220 e. The molecule has 30 heavy (non-hydrogen) atoms. The summed E-state index contributed by atoms with van der Waals surface area (Å²) in [6.45, 7) is 7.41. The summed E-state index contributed by atoms with van der Waals surface area (Å²) in [6.07, 6.45) is 1.03. The minimum absolute atomic E-state index is 0.0320. The summed E-state index contributed by atoms with van der Waals surface area (Å²) in [6, 6.07) is 11.8. The first-order chi connectivity index (χ1) is 14.3. The van der Waals surface area contributed by atoms with Crippen molar-refractivity contribution in [2.24, 2.45) is 0 Å². The van der Waals surface area contributed by atoms with Gasteiger partial charge in [-0.3, -0.25) is 4.79 Å². The van der Waals surface area contributed by atoms with Crippen LogP contribution in [0.1, 0.15) is 44.7 Å². The van der Waals surface area contributed by atoms with Crippen LogP contribution >= 0.6 is 0 Å². The van der Waals surface area contributed by atoms with Crippen molar-refractivity contribution in [3.05, 3.63) is 47.5 Å². The van der Waals surface area contributed by atoms with Crippen LogP contribution in [-0.4, -0.2) is 33.8 Å². The van der Waals surface area contributed by atoms with Gasteiger partial charge in [0, 0.05) is 13.0 Å². The van der Waals surface area contributed by atoms with Crippen LogP contribution in [0.4, 0.5) is 0 Å². The molecule has 0 saturated heterocycles. The summed E-state index contributed by atoms with van der Waals surface area (Å²) < 4.78 is 21.7. The molecule has 6 heteroatoms. The third kappa shape index (κ3) is 6.58. The second-order valence-electron chi connectivity index (χ2n) is 8.04. The van der Waals surface area contributed by atoms with Gasteiger partial charge in [0.2, 0.25) is 11.7 Å². The van der Waals surface area contributed by atoms with E-state index in [9.17, 15) is 4.79 Å². The highest BCUT2D eigenvalue weighted by atomic mass is 16.5. The van der Waals surface area contributed by atoms with Gasteiger partial charge in [0.15, 0.2) is 11.5 Å². The summed E-state index contributed by atoms with van der Waals surface area (Å²) in [4.78, 5) is 12.2. The van der Waals surface area contributed by atoms with Crippen molar-refractivity contribution >= 4 is 5.91 Å². The molecule has 2 aromatic rings. The lowest BCUT2D eigenvalue weighted by molar-refractivity contribution is -0.121. The number of nitrogens with one attached hydrogen (secondary N) is 1. The lowest BCUT2D eigenvalue weighted by Gasteiger charge is -2.19. The Balaban J connectivity index is 1.78. The third-order valence-corrected chi connectivity index (χ3v) is 4.75. The molecule has 0 fully saturated rings. The number of carbonyl (C=O) groups is 1. The standard InChI is InChI=1S/C24H33NO5/c1-24(2,3)18-9-11-19(12-10-18)30-13-7-8-22(26)25-16-17-14-20(27-4)23(29-6)21(15-17)28-5/h9-12,14-15H,7-8,13,16H2,1-6H3,(H,25,26). The van der Waals surface area contributed by atoms with Crippen LogP contribution < -0.4 is 24.3 Å². The average Bonchev–Trinajstić information content (AvgIpc) is 2.74. The Bertz CT molecular complexity index is 799. The highest BCUT2D eigenvalue weighted by Gasteiger charge is 2.14. The second-order valence-corrected chi connectivity index (χ2v) is 8.04. The van der Waals surface area contributed by atoms with Crippen LogP contribution in [0.2, 0.25) is 0 Å². The number of carbonyl (C=O) groups excluding carboxylic acids is 1.